The highest BCUT2D eigenvalue weighted by Crippen LogP contribution is 2.21. The third-order valence-electron chi connectivity index (χ3n) is 4.43. The number of carbonyl (C=O) groups is 1. The predicted octanol–water partition coefficient (Wildman–Crippen LogP) is 4.39. The van der Waals surface area contributed by atoms with E-state index in [0.717, 1.165) is 17.1 Å². The second-order valence-electron chi connectivity index (χ2n) is 7.00. The third-order valence-corrected chi connectivity index (χ3v) is 4.43. The quantitative estimate of drug-likeness (QED) is 0.610. The molecule has 1 amide bonds. The number of benzene rings is 1. The summed E-state index contributed by atoms with van der Waals surface area (Å²) in [6.45, 7) is 5.57. The first-order valence-corrected chi connectivity index (χ1v) is 9.23. The van der Waals surface area contributed by atoms with Crippen molar-refractivity contribution in [1.29, 1.82) is 0 Å². The highest BCUT2D eigenvalue weighted by Gasteiger charge is 2.20. The monoisotopic (exact) mass is 366 g/mol. The molecule has 1 aromatic carbocycles. The van der Waals surface area contributed by atoms with Gasteiger partial charge in [0.2, 0.25) is 5.91 Å². The summed E-state index contributed by atoms with van der Waals surface area (Å²) in [5.41, 5.74) is 1.12. The van der Waals surface area contributed by atoms with Crippen molar-refractivity contribution >= 4 is 5.91 Å². The molecular formula is C22H26N2O3. The van der Waals surface area contributed by atoms with Crippen LogP contribution in [0.3, 0.4) is 0 Å². The third kappa shape index (κ3) is 5.59. The van der Waals surface area contributed by atoms with Crippen LogP contribution in [0.4, 0.5) is 0 Å². The average molecular weight is 366 g/mol. The van der Waals surface area contributed by atoms with Crippen LogP contribution < -0.4 is 5.32 Å². The van der Waals surface area contributed by atoms with E-state index in [1.807, 2.05) is 47.4 Å². The lowest BCUT2D eigenvalue weighted by Gasteiger charge is -2.25. The Labute approximate surface area is 160 Å². The van der Waals surface area contributed by atoms with Crippen LogP contribution in [0, 0.1) is 5.92 Å². The summed E-state index contributed by atoms with van der Waals surface area (Å²) in [5.74, 6) is 1.91. The fourth-order valence-electron chi connectivity index (χ4n) is 3.13. The summed E-state index contributed by atoms with van der Waals surface area (Å²) < 4.78 is 10.9. The normalized spacial score (nSPS) is 12.4. The lowest BCUT2D eigenvalue weighted by molar-refractivity contribution is -0.123. The SMILES string of the molecule is CC(C)C(NC(=O)CN(Cc1ccco1)Cc1ccco1)c1ccccc1. The second kappa shape index (κ2) is 9.24. The zero-order valence-electron chi connectivity index (χ0n) is 15.8. The van der Waals surface area contributed by atoms with Crippen LogP contribution >= 0.6 is 0 Å². The van der Waals surface area contributed by atoms with Gasteiger partial charge in [0.05, 0.1) is 38.2 Å². The molecule has 1 N–H and O–H groups in total. The smallest absolute Gasteiger partial charge is 0.234 e. The van der Waals surface area contributed by atoms with Gasteiger partial charge in [-0.3, -0.25) is 9.69 Å². The largest absolute Gasteiger partial charge is 0.468 e. The second-order valence-corrected chi connectivity index (χ2v) is 7.00. The van der Waals surface area contributed by atoms with Crippen LogP contribution in [0.15, 0.2) is 76.0 Å². The molecular weight excluding hydrogens is 340 g/mol. The summed E-state index contributed by atoms with van der Waals surface area (Å²) in [6.07, 6.45) is 3.29. The molecule has 142 valence electrons. The van der Waals surface area contributed by atoms with Crippen molar-refractivity contribution in [3.05, 3.63) is 84.2 Å². The topological polar surface area (TPSA) is 58.6 Å². The van der Waals surface area contributed by atoms with Crippen molar-refractivity contribution < 1.29 is 13.6 Å². The summed E-state index contributed by atoms with van der Waals surface area (Å²) in [6, 6.07) is 17.6. The maximum absolute atomic E-state index is 12.8. The Bertz CT molecular complexity index is 759. The zero-order chi connectivity index (χ0) is 19.1. The maximum Gasteiger partial charge on any atom is 0.234 e. The molecule has 3 rings (SSSR count). The molecule has 0 aliphatic heterocycles. The van der Waals surface area contributed by atoms with Gasteiger partial charge in [-0.05, 0) is 35.7 Å². The van der Waals surface area contributed by atoms with Crippen molar-refractivity contribution in [1.82, 2.24) is 10.2 Å². The number of hydrogen-bond donors (Lipinski definition) is 1. The van der Waals surface area contributed by atoms with Crippen LogP contribution in [-0.4, -0.2) is 17.4 Å². The molecule has 1 atom stereocenters. The predicted molar refractivity (Wildman–Crippen MR) is 104 cm³/mol. The lowest BCUT2D eigenvalue weighted by atomic mass is 9.96. The van der Waals surface area contributed by atoms with Crippen molar-refractivity contribution in [2.45, 2.75) is 33.0 Å². The van der Waals surface area contributed by atoms with Gasteiger partial charge < -0.3 is 14.2 Å². The lowest BCUT2D eigenvalue weighted by Crippen LogP contribution is -2.39. The summed E-state index contributed by atoms with van der Waals surface area (Å²) in [4.78, 5) is 14.8. The molecule has 5 heteroatoms. The molecule has 0 fully saturated rings. The molecule has 0 aliphatic rings. The molecule has 0 bridgehead atoms. The Balaban J connectivity index is 1.67. The Hall–Kier alpha value is -2.79. The highest BCUT2D eigenvalue weighted by molar-refractivity contribution is 5.78. The fraction of sp³-hybridized carbons (Fsp3) is 0.318. The van der Waals surface area contributed by atoms with Gasteiger partial charge in [0, 0.05) is 0 Å². The zero-order valence-corrected chi connectivity index (χ0v) is 15.8. The minimum atomic E-state index is -0.0206. The van der Waals surface area contributed by atoms with E-state index in [-0.39, 0.29) is 18.5 Å². The van der Waals surface area contributed by atoms with Crippen molar-refractivity contribution in [3.8, 4) is 0 Å². The molecule has 2 heterocycles. The molecule has 0 saturated heterocycles. The Morgan fingerprint density at radius 1 is 0.926 bits per heavy atom. The molecule has 3 aromatic rings. The molecule has 27 heavy (non-hydrogen) atoms. The number of rotatable bonds is 9. The van der Waals surface area contributed by atoms with E-state index in [1.165, 1.54) is 0 Å². The maximum atomic E-state index is 12.8. The summed E-state index contributed by atoms with van der Waals surface area (Å²) in [7, 11) is 0. The van der Waals surface area contributed by atoms with Gasteiger partial charge in [0.25, 0.3) is 0 Å². The van der Waals surface area contributed by atoms with E-state index in [0.29, 0.717) is 19.0 Å². The van der Waals surface area contributed by atoms with Crippen LogP contribution in [0.5, 0.6) is 0 Å². The van der Waals surface area contributed by atoms with Crippen LogP contribution in [0.25, 0.3) is 0 Å². The fourth-order valence-corrected chi connectivity index (χ4v) is 3.13. The standard InChI is InChI=1S/C22H26N2O3/c1-17(2)22(18-8-4-3-5-9-18)23-21(25)16-24(14-19-10-6-12-26-19)15-20-11-7-13-27-20/h3-13,17,22H,14-16H2,1-2H3,(H,23,25). The van der Waals surface area contributed by atoms with Gasteiger partial charge in [-0.2, -0.15) is 0 Å². The number of carbonyl (C=O) groups excluding carboxylic acids is 1. The van der Waals surface area contributed by atoms with Crippen molar-refractivity contribution in [3.63, 3.8) is 0 Å². The van der Waals surface area contributed by atoms with E-state index in [2.05, 4.69) is 31.3 Å². The Morgan fingerprint density at radius 3 is 2.00 bits per heavy atom. The van der Waals surface area contributed by atoms with Crippen LogP contribution in [0.1, 0.15) is 37.0 Å². The molecule has 0 saturated carbocycles. The van der Waals surface area contributed by atoms with Gasteiger partial charge in [-0.1, -0.05) is 44.2 Å². The van der Waals surface area contributed by atoms with Crippen LogP contribution in [0.2, 0.25) is 0 Å². The van der Waals surface area contributed by atoms with Gasteiger partial charge in [0.15, 0.2) is 0 Å². The van der Waals surface area contributed by atoms with E-state index >= 15 is 0 Å². The van der Waals surface area contributed by atoms with E-state index < -0.39 is 0 Å². The van der Waals surface area contributed by atoms with Gasteiger partial charge in [-0.15, -0.1) is 0 Å². The molecule has 1 unspecified atom stereocenters. The minimum Gasteiger partial charge on any atom is -0.468 e. The van der Waals surface area contributed by atoms with Gasteiger partial charge in [0.1, 0.15) is 11.5 Å². The van der Waals surface area contributed by atoms with E-state index in [1.54, 1.807) is 12.5 Å². The number of nitrogens with zero attached hydrogens (tertiary/aromatic N) is 1. The minimum absolute atomic E-state index is 0.0179. The number of amides is 1. The molecule has 2 aromatic heterocycles. The summed E-state index contributed by atoms with van der Waals surface area (Å²) in [5, 5.41) is 3.18. The van der Waals surface area contributed by atoms with E-state index in [9.17, 15) is 4.79 Å². The number of hydrogen-bond acceptors (Lipinski definition) is 4. The molecule has 5 nitrogen and oxygen atoms in total. The average Bonchev–Trinajstić information content (AvgIpc) is 3.34. The first-order valence-electron chi connectivity index (χ1n) is 9.23. The van der Waals surface area contributed by atoms with Gasteiger partial charge in [-0.25, -0.2) is 0 Å². The molecule has 0 radical (unpaired) electrons. The van der Waals surface area contributed by atoms with Gasteiger partial charge >= 0.3 is 0 Å². The first kappa shape index (κ1) is 19.0. The Kier molecular flexibility index (Phi) is 6.49. The first-order chi connectivity index (χ1) is 13.1. The molecule has 0 aliphatic carbocycles. The Morgan fingerprint density at radius 2 is 1.52 bits per heavy atom. The number of furan rings is 2. The van der Waals surface area contributed by atoms with Crippen LogP contribution in [-0.2, 0) is 17.9 Å². The molecule has 0 spiro atoms. The summed E-state index contributed by atoms with van der Waals surface area (Å²) >= 11 is 0. The highest BCUT2D eigenvalue weighted by atomic mass is 16.3. The number of nitrogens with one attached hydrogen (secondary N) is 1. The van der Waals surface area contributed by atoms with Crippen molar-refractivity contribution in [2.24, 2.45) is 5.92 Å². The van der Waals surface area contributed by atoms with Crippen molar-refractivity contribution in [2.75, 3.05) is 6.54 Å². The van der Waals surface area contributed by atoms with E-state index in [4.69, 9.17) is 8.83 Å².